The molecule has 0 saturated heterocycles. The van der Waals surface area contributed by atoms with Crippen molar-refractivity contribution in [2.45, 2.75) is 0 Å². The standard InChI is InChI=1S/C11H14F2N2O4/c1-18-4-5-19-3-2-14-11-9(12)6-8(15(16)17)7-10(11)13/h6-7,14H,2-5H2,1H3. The van der Waals surface area contributed by atoms with Crippen LogP contribution in [0.1, 0.15) is 0 Å². The molecule has 106 valence electrons. The lowest BCUT2D eigenvalue weighted by molar-refractivity contribution is -0.385. The van der Waals surface area contributed by atoms with Gasteiger partial charge < -0.3 is 14.8 Å². The highest BCUT2D eigenvalue weighted by molar-refractivity contribution is 5.51. The Morgan fingerprint density at radius 1 is 1.26 bits per heavy atom. The van der Waals surface area contributed by atoms with Gasteiger partial charge in [0.1, 0.15) is 5.69 Å². The zero-order valence-corrected chi connectivity index (χ0v) is 10.3. The molecule has 0 fully saturated rings. The van der Waals surface area contributed by atoms with Gasteiger partial charge in [-0.2, -0.15) is 0 Å². The Labute approximate surface area is 108 Å². The predicted octanol–water partition coefficient (Wildman–Crippen LogP) is 1.95. The first kappa shape index (κ1) is 15.3. The molecule has 6 nitrogen and oxygen atoms in total. The molecule has 0 spiro atoms. The number of hydrogen-bond donors (Lipinski definition) is 1. The van der Waals surface area contributed by atoms with E-state index in [9.17, 15) is 18.9 Å². The third-order valence-corrected chi connectivity index (χ3v) is 2.22. The highest BCUT2D eigenvalue weighted by Gasteiger charge is 2.16. The molecule has 0 aliphatic carbocycles. The number of nitrogens with zero attached hydrogens (tertiary/aromatic N) is 1. The highest BCUT2D eigenvalue weighted by atomic mass is 19.1. The molecule has 0 unspecified atom stereocenters. The first-order chi connectivity index (χ1) is 9.06. The summed E-state index contributed by atoms with van der Waals surface area (Å²) in [5.41, 5.74) is -1.03. The van der Waals surface area contributed by atoms with Crippen LogP contribution in [0.15, 0.2) is 12.1 Å². The molecule has 19 heavy (non-hydrogen) atoms. The summed E-state index contributed by atoms with van der Waals surface area (Å²) >= 11 is 0. The SMILES string of the molecule is COCCOCCNc1c(F)cc([N+](=O)[O-])cc1F. The molecule has 0 aliphatic heterocycles. The van der Waals surface area contributed by atoms with Crippen molar-refractivity contribution >= 4 is 11.4 Å². The topological polar surface area (TPSA) is 73.6 Å². The van der Waals surface area contributed by atoms with Gasteiger partial charge in [-0.15, -0.1) is 0 Å². The van der Waals surface area contributed by atoms with Crippen molar-refractivity contribution in [1.29, 1.82) is 0 Å². The fraction of sp³-hybridized carbons (Fsp3) is 0.455. The molecule has 0 amide bonds. The van der Waals surface area contributed by atoms with E-state index in [0.717, 1.165) is 0 Å². The van der Waals surface area contributed by atoms with E-state index >= 15 is 0 Å². The molecular formula is C11H14F2N2O4. The molecule has 1 aromatic rings. The summed E-state index contributed by atoms with van der Waals surface area (Å²) in [6, 6.07) is 1.33. The normalized spacial score (nSPS) is 10.5. The molecular weight excluding hydrogens is 262 g/mol. The third-order valence-electron chi connectivity index (χ3n) is 2.22. The van der Waals surface area contributed by atoms with Crippen LogP contribution in [0.5, 0.6) is 0 Å². The second kappa shape index (κ2) is 7.59. The summed E-state index contributed by atoms with van der Waals surface area (Å²) in [6.45, 7) is 1.22. The molecule has 0 radical (unpaired) electrons. The van der Waals surface area contributed by atoms with E-state index in [1.807, 2.05) is 0 Å². The minimum absolute atomic E-state index is 0.176. The number of methoxy groups -OCH3 is 1. The number of nitrogens with one attached hydrogen (secondary N) is 1. The van der Waals surface area contributed by atoms with Gasteiger partial charge in [-0.1, -0.05) is 0 Å². The zero-order valence-electron chi connectivity index (χ0n) is 10.3. The van der Waals surface area contributed by atoms with Crippen LogP contribution < -0.4 is 5.32 Å². The van der Waals surface area contributed by atoms with Crippen molar-refractivity contribution in [1.82, 2.24) is 0 Å². The number of hydrogen-bond acceptors (Lipinski definition) is 5. The van der Waals surface area contributed by atoms with Crippen molar-refractivity contribution in [3.8, 4) is 0 Å². The highest BCUT2D eigenvalue weighted by Crippen LogP contribution is 2.24. The maximum Gasteiger partial charge on any atom is 0.275 e. The van der Waals surface area contributed by atoms with E-state index < -0.39 is 27.9 Å². The zero-order chi connectivity index (χ0) is 14.3. The summed E-state index contributed by atoms with van der Waals surface area (Å²) in [4.78, 5) is 9.54. The molecule has 0 aromatic heterocycles. The molecule has 8 heteroatoms. The smallest absolute Gasteiger partial charge is 0.275 e. The summed E-state index contributed by atoms with van der Waals surface area (Å²) in [5.74, 6) is -2.02. The van der Waals surface area contributed by atoms with Crippen LogP contribution in [0, 0.1) is 21.7 Å². The second-order valence-electron chi connectivity index (χ2n) is 3.57. The first-order valence-electron chi connectivity index (χ1n) is 5.50. The van der Waals surface area contributed by atoms with Crippen LogP contribution in [-0.2, 0) is 9.47 Å². The number of halogens is 2. The number of benzene rings is 1. The fourth-order valence-electron chi connectivity index (χ4n) is 1.33. The van der Waals surface area contributed by atoms with E-state index in [1.54, 1.807) is 0 Å². The summed E-state index contributed by atoms with van der Waals surface area (Å²) in [6.07, 6.45) is 0. The van der Waals surface area contributed by atoms with Crippen LogP contribution in [0.4, 0.5) is 20.2 Å². The van der Waals surface area contributed by atoms with Crippen LogP contribution in [-0.4, -0.2) is 38.4 Å². The Bertz CT molecular complexity index is 420. The largest absolute Gasteiger partial charge is 0.382 e. The number of anilines is 1. The van der Waals surface area contributed by atoms with E-state index in [2.05, 4.69) is 5.32 Å². The van der Waals surface area contributed by atoms with Gasteiger partial charge in [-0.05, 0) is 0 Å². The van der Waals surface area contributed by atoms with Crippen LogP contribution in [0.3, 0.4) is 0 Å². The molecule has 0 bridgehead atoms. The Balaban J connectivity index is 2.52. The molecule has 0 heterocycles. The molecule has 1 N–H and O–H groups in total. The molecule has 1 aromatic carbocycles. The lowest BCUT2D eigenvalue weighted by atomic mass is 10.2. The van der Waals surface area contributed by atoms with E-state index in [0.29, 0.717) is 25.3 Å². The van der Waals surface area contributed by atoms with Crippen LogP contribution >= 0.6 is 0 Å². The second-order valence-corrected chi connectivity index (χ2v) is 3.57. The van der Waals surface area contributed by atoms with Crippen molar-refractivity contribution in [2.24, 2.45) is 0 Å². The Kier molecular flexibility index (Phi) is 6.10. The first-order valence-corrected chi connectivity index (χ1v) is 5.50. The number of nitro benzene ring substituents is 1. The molecule has 1 rings (SSSR count). The average Bonchev–Trinajstić information content (AvgIpc) is 2.35. The molecule has 0 saturated carbocycles. The van der Waals surface area contributed by atoms with Gasteiger partial charge in [0.25, 0.3) is 5.69 Å². The van der Waals surface area contributed by atoms with Gasteiger partial charge in [-0.25, -0.2) is 8.78 Å². The third kappa shape index (κ3) is 4.76. The Hall–Kier alpha value is -1.80. The summed E-state index contributed by atoms with van der Waals surface area (Å²) < 4.78 is 36.7. The number of nitro groups is 1. The summed E-state index contributed by atoms with van der Waals surface area (Å²) in [5, 5.41) is 12.9. The van der Waals surface area contributed by atoms with E-state index in [1.165, 1.54) is 7.11 Å². The van der Waals surface area contributed by atoms with Crippen molar-refractivity contribution in [3.63, 3.8) is 0 Å². The van der Waals surface area contributed by atoms with Crippen molar-refractivity contribution < 1.29 is 23.2 Å². The lowest BCUT2D eigenvalue weighted by Gasteiger charge is -2.09. The number of ether oxygens (including phenoxy) is 2. The maximum atomic E-state index is 13.4. The van der Waals surface area contributed by atoms with Gasteiger partial charge in [-0.3, -0.25) is 10.1 Å². The van der Waals surface area contributed by atoms with Gasteiger partial charge in [0.15, 0.2) is 11.6 Å². The van der Waals surface area contributed by atoms with Gasteiger partial charge in [0, 0.05) is 13.7 Å². The van der Waals surface area contributed by atoms with Crippen molar-refractivity contribution in [2.75, 3.05) is 38.8 Å². The van der Waals surface area contributed by atoms with Gasteiger partial charge in [0.2, 0.25) is 0 Å². The molecule has 0 atom stereocenters. The lowest BCUT2D eigenvalue weighted by Crippen LogP contribution is -2.13. The predicted molar refractivity (Wildman–Crippen MR) is 64.2 cm³/mol. The minimum Gasteiger partial charge on any atom is -0.382 e. The number of rotatable bonds is 8. The molecule has 0 aliphatic rings. The fourth-order valence-corrected chi connectivity index (χ4v) is 1.33. The van der Waals surface area contributed by atoms with Crippen LogP contribution in [0.25, 0.3) is 0 Å². The average molecular weight is 276 g/mol. The van der Waals surface area contributed by atoms with Crippen LogP contribution in [0.2, 0.25) is 0 Å². The van der Waals surface area contributed by atoms with Gasteiger partial charge >= 0.3 is 0 Å². The Morgan fingerprint density at radius 3 is 2.42 bits per heavy atom. The monoisotopic (exact) mass is 276 g/mol. The Morgan fingerprint density at radius 2 is 1.89 bits per heavy atom. The van der Waals surface area contributed by atoms with Crippen molar-refractivity contribution in [3.05, 3.63) is 33.9 Å². The van der Waals surface area contributed by atoms with E-state index in [-0.39, 0.29) is 13.2 Å². The van der Waals surface area contributed by atoms with E-state index in [4.69, 9.17) is 9.47 Å². The minimum atomic E-state index is -1.01. The quantitative estimate of drug-likeness (QED) is 0.446. The number of non-ortho nitro benzene ring substituents is 1. The van der Waals surface area contributed by atoms with Gasteiger partial charge in [0.05, 0.1) is 36.9 Å². The maximum absolute atomic E-state index is 13.4. The summed E-state index contributed by atoms with van der Waals surface area (Å²) in [7, 11) is 1.53.